The first-order valence-corrected chi connectivity index (χ1v) is 17.1. The van der Waals surface area contributed by atoms with E-state index < -0.39 is 12.1 Å². The fraction of sp³-hybridized carbons (Fsp3) is 0.706. The van der Waals surface area contributed by atoms with Gasteiger partial charge in [-0.25, -0.2) is 4.98 Å². The number of H-pyrrole nitrogens is 1. The average molecular weight is 614 g/mol. The minimum atomic E-state index is -0.691. The Morgan fingerprint density at radius 2 is 1.75 bits per heavy atom. The smallest absolute Gasteiger partial charge is 0.242 e. The van der Waals surface area contributed by atoms with Crippen LogP contribution >= 0.6 is 0 Å². The number of imidazole rings is 1. The van der Waals surface area contributed by atoms with Crippen molar-refractivity contribution in [2.45, 2.75) is 134 Å². The molecule has 10 nitrogen and oxygen atoms in total. The highest BCUT2D eigenvalue weighted by Gasteiger charge is 2.41. The Balaban J connectivity index is 1.69. The van der Waals surface area contributed by atoms with E-state index in [4.69, 9.17) is 11.5 Å². The van der Waals surface area contributed by atoms with Crippen molar-refractivity contribution < 1.29 is 14.4 Å². The summed E-state index contributed by atoms with van der Waals surface area (Å²) >= 11 is 0. The van der Waals surface area contributed by atoms with Gasteiger partial charge in [-0.1, -0.05) is 69.8 Å². The SMILES string of the molecule is CCCCC/C=C\C/C=C\CCCCCCCC(=O)N[C@H]1CC(C(=O)NCCc2cnc[nH]2)N(C(=O)[C@H](N)CCCCN)C1. The highest BCUT2D eigenvalue weighted by molar-refractivity contribution is 5.90. The Morgan fingerprint density at radius 3 is 2.45 bits per heavy atom. The molecule has 2 heterocycles. The summed E-state index contributed by atoms with van der Waals surface area (Å²) in [7, 11) is 0. The minimum Gasteiger partial charge on any atom is -0.354 e. The third-order valence-corrected chi connectivity index (χ3v) is 8.14. The van der Waals surface area contributed by atoms with E-state index in [1.165, 1.54) is 38.5 Å². The molecule has 1 aromatic heterocycles. The van der Waals surface area contributed by atoms with Gasteiger partial charge >= 0.3 is 0 Å². The lowest BCUT2D eigenvalue weighted by Gasteiger charge is -2.26. The van der Waals surface area contributed by atoms with Crippen LogP contribution in [-0.4, -0.2) is 70.3 Å². The van der Waals surface area contributed by atoms with Crippen LogP contribution < -0.4 is 22.1 Å². The average Bonchev–Trinajstić information content (AvgIpc) is 3.69. The van der Waals surface area contributed by atoms with Crippen molar-refractivity contribution in [3.63, 3.8) is 0 Å². The second-order valence-corrected chi connectivity index (χ2v) is 12.0. The number of rotatable bonds is 24. The summed E-state index contributed by atoms with van der Waals surface area (Å²) in [6, 6.07) is -1.63. The molecule has 10 heteroatoms. The number of aromatic amines is 1. The zero-order valence-corrected chi connectivity index (χ0v) is 27.1. The molecular weight excluding hydrogens is 554 g/mol. The molecule has 0 aromatic carbocycles. The number of hydrogen-bond acceptors (Lipinski definition) is 6. The lowest BCUT2D eigenvalue weighted by atomic mass is 10.1. The summed E-state index contributed by atoms with van der Waals surface area (Å²) < 4.78 is 0. The van der Waals surface area contributed by atoms with E-state index in [0.29, 0.717) is 38.8 Å². The van der Waals surface area contributed by atoms with Crippen molar-refractivity contribution in [1.82, 2.24) is 25.5 Å². The summed E-state index contributed by atoms with van der Waals surface area (Å²) in [4.78, 5) is 47.6. The lowest BCUT2D eigenvalue weighted by molar-refractivity contribution is -0.139. The fourth-order valence-electron chi connectivity index (χ4n) is 5.53. The van der Waals surface area contributed by atoms with Gasteiger partial charge in [0, 0.05) is 43.9 Å². The molecule has 0 radical (unpaired) electrons. The molecule has 1 saturated heterocycles. The van der Waals surface area contributed by atoms with Gasteiger partial charge in [0.15, 0.2) is 0 Å². The van der Waals surface area contributed by atoms with Crippen LogP contribution in [0.3, 0.4) is 0 Å². The van der Waals surface area contributed by atoms with E-state index in [1.807, 2.05) is 0 Å². The third-order valence-electron chi connectivity index (χ3n) is 8.14. The maximum Gasteiger partial charge on any atom is 0.242 e. The molecule has 0 spiro atoms. The third kappa shape index (κ3) is 15.7. The van der Waals surface area contributed by atoms with Gasteiger partial charge < -0.3 is 32.0 Å². The van der Waals surface area contributed by atoms with Crippen molar-refractivity contribution in [2.24, 2.45) is 11.5 Å². The van der Waals surface area contributed by atoms with Crippen molar-refractivity contribution >= 4 is 17.7 Å². The number of likely N-dealkylation sites (tertiary alicyclic amines) is 1. The van der Waals surface area contributed by atoms with Crippen LogP contribution in [0.4, 0.5) is 0 Å². The molecule has 1 aliphatic rings. The summed E-state index contributed by atoms with van der Waals surface area (Å²) in [6.45, 7) is 3.49. The number of nitrogens with zero attached hydrogens (tertiary/aromatic N) is 2. The number of allylic oxidation sites excluding steroid dienone is 4. The molecule has 1 aromatic rings. The Hall–Kier alpha value is -2.98. The minimum absolute atomic E-state index is 0.0272. The lowest BCUT2D eigenvalue weighted by Crippen LogP contribution is -2.51. The van der Waals surface area contributed by atoms with E-state index in [1.54, 1.807) is 17.4 Å². The Morgan fingerprint density at radius 1 is 1.02 bits per heavy atom. The Kier molecular flexibility index (Phi) is 19.8. The summed E-state index contributed by atoms with van der Waals surface area (Å²) in [5.74, 6) is -0.501. The number of aromatic nitrogens is 2. The molecule has 0 aliphatic carbocycles. The number of carbonyl (C=O) groups is 3. The van der Waals surface area contributed by atoms with Gasteiger partial charge in [-0.3, -0.25) is 14.4 Å². The first kappa shape index (κ1) is 37.2. The normalized spacial score (nSPS) is 17.5. The highest BCUT2D eigenvalue weighted by atomic mass is 16.2. The summed E-state index contributed by atoms with van der Waals surface area (Å²) in [5.41, 5.74) is 12.7. The zero-order chi connectivity index (χ0) is 31.8. The maximum atomic E-state index is 13.2. The second-order valence-electron chi connectivity index (χ2n) is 12.0. The van der Waals surface area contributed by atoms with Crippen LogP contribution in [-0.2, 0) is 20.8 Å². The number of unbranched alkanes of at least 4 members (excludes halogenated alkanes) is 9. The van der Waals surface area contributed by atoms with E-state index >= 15 is 0 Å². The van der Waals surface area contributed by atoms with Crippen LogP contribution in [0.1, 0.15) is 115 Å². The van der Waals surface area contributed by atoms with Crippen molar-refractivity contribution in [2.75, 3.05) is 19.6 Å². The fourth-order valence-corrected chi connectivity index (χ4v) is 5.53. The van der Waals surface area contributed by atoms with E-state index in [-0.39, 0.29) is 30.3 Å². The molecular formula is C34H59N7O3. The van der Waals surface area contributed by atoms with Crippen LogP contribution in [0.15, 0.2) is 36.8 Å². The molecule has 0 saturated carbocycles. The van der Waals surface area contributed by atoms with Gasteiger partial charge in [0.25, 0.3) is 0 Å². The van der Waals surface area contributed by atoms with Crippen LogP contribution in [0, 0.1) is 0 Å². The zero-order valence-electron chi connectivity index (χ0n) is 27.1. The van der Waals surface area contributed by atoms with Gasteiger partial charge in [0.2, 0.25) is 17.7 Å². The van der Waals surface area contributed by atoms with Gasteiger partial charge in [-0.05, 0) is 64.3 Å². The van der Waals surface area contributed by atoms with Crippen molar-refractivity contribution in [3.05, 3.63) is 42.5 Å². The highest BCUT2D eigenvalue weighted by Crippen LogP contribution is 2.21. The molecule has 0 bridgehead atoms. The molecule has 2 rings (SSSR count). The number of carbonyl (C=O) groups excluding carboxylic acids is 3. The predicted molar refractivity (Wildman–Crippen MR) is 178 cm³/mol. The molecule has 7 N–H and O–H groups in total. The molecule has 3 atom stereocenters. The molecule has 248 valence electrons. The number of nitrogens with one attached hydrogen (secondary N) is 3. The summed E-state index contributed by atoms with van der Waals surface area (Å²) in [6.07, 6.45) is 28.4. The molecule has 1 unspecified atom stereocenters. The topological polar surface area (TPSA) is 159 Å². The summed E-state index contributed by atoms with van der Waals surface area (Å²) in [5, 5.41) is 6.01. The largest absolute Gasteiger partial charge is 0.354 e. The molecule has 3 amide bonds. The Bertz CT molecular complexity index is 980. The van der Waals surface area contributed by atoms with Crippen molar-refractivity contribution in [1.29, 1.82) is 0 Å². The van der Waals surface area contributed by atoms with Gasteiger partial charge in [-0.15, -0.1) is 0 Å². The predicted octanol–water partition coefficient (Wildman–Crippen LogP) is 4.42. The number of hydrogen-bond donors (Lipinski definition) is 5. The Labute approximate surface area is 265 Å². The van der Waals surface area contributed by atoms with Crippen molar-refractivity contribution in [3.8, 4) is 0 Å². The molecule has 44 heavy (non-hydrogen) atoms. The second kappa shape index (κ2) is 23.4. The van der Waals surface area contributed by atoms with Gasteiger partial charge in [0.1, 0.15) is 6.04 Å². The molecule has 1 fully saturated rings. The van der Waals surface area contributed by atoms with Gasteiger partial charge in [-0.2, -0.15) is 0 Å². The van der Waals surface area contributed by atoms with Crippen LogP contribution in [0.2, 0.25) is 0 Å². The standard InChI is InChI=1S/C34H59N7O3/c1-2-3-4-5-6-7-8-9-10-11-12-13-14-15-16-20-32(42)40-29-24-31(33(43)38-23-21-28-25-37-27-39-28)41(26-29)34(44)30(36)19-17-18-22-35/h6-7,9-10,25,27,29-31H,2-5,8,11-24,26,35-36H2,1H3,(H,37,39)(H,38,43)(H,40,42)/b7-6-,10-9-/t29-,30+,31?/m0/s1. The number of nitrogens with two attached hydrogens (primary N) is 2. The van der Waals surface area contributed by atoms with Gasteiger partial charge in [0.05, 0.1) is 12.4 Å². The van der Waals surface area contributed by atoms with E-state index in [0.717, 1.165) is 50.6 Å². The van der Waals surface area contributed by atoms with E-state index in [2.05, 4.69) is 51.8 Å². The molecule has 1 aliphatic heterocycles. The maximum absolute atomic E-state index is 13.2. The first-order chi connectivity index (χ1) is 21.5. The first-order valence-electron chi connectivity index (χ1n) is 17.1. The van der Waals surface area contributed by atoms with E-state index in [9.17, 15) is 14.4 Å². The quantitative estimate of drug-likeness (QED) is 0.0857. The number of amides is 3. The van der Waals surface area contributed by atoms with Crippen LogP contribution in [0.5, 0.6) is 0 Å². The monoisotopic (exact) mass is 613 g/mol. The van der Waals surface area contributed by atoms with Crippen LogP contribution in [0.25, 0.3) is 0 Å².